The monoisotopic (exact) mass is 368 g/mol. The molecular weight excluding hydrogens is 352 g/mol. The molecule has 0 saturated heterocycles. The van der Waals surface area contributed by atoms with Gasteiger partial charge in [0.1, 0.15) is 5.75 Å². The predicted octanol–water partition coefficient (Wildman–Crippen LogP) is 2.41. The molecule has 0 radical (unpaired) electrons. The molecule has 0 aliphatic heterocycles. The number of anilines is 1. The largest absolute Gasteiger partial charge is 0.495 e. The molecule has 0 heterocycles. The molecule has 6 nitrogen and oxygen atoms in total. The van der Waals surface area contributed by atoms with Crippen LogP contribution in [0, 0.1) is 0 Å². The summed E-state index contributed by atoms with van der Waals surface area (Å²) in [6.07, 6.45) is 0. The summed E-state index contributed by atoms with van der Waals surface area (Å²) in [5.74, 6) is -0.193. The van der Waals surface area contributed by atoms with Crippen LogP contribution in [0.3, 0.4) is 0 Å². The summed E-state index contributed by atoms with van der Waals surface area (Å²) in [6, 6.07) is 13.5. The van der Waals surface area contributed by atoms with Gasteiger partial charge in [-0.1, -0.05) is 41.9 Å². The van der Waals surface area contributed by atoms with Crippen molar-refractivity contribution in [2.24, 2.45) is 0 Å². The van der Waals surface area contributed by atoms with Gasteiger partial charge in [0, 0.05) is 5.69 Å². The second kappa shape index (κ2) is 8.14. The summed E-state index contributed by atoms with van der Waals surface area (Å²) < 4.78 is 31.2. The standard InChI is InChI=1S/C16H17ClN2O4S/c1-23-15-8-7-13(9-14(15)17)19-16(20)10-18-24(21,22)11-12-5-3-2-4-6-12/h2-9,18H,10-11H2,1H3,(H,19,20). The number of hydrogen-bond donors (Lipinski definition) is 2. The highest BCUT2D eigenvalue weighted by molar-refractivity contribution is 7.88. The average Bonchev–Trinajstić information content (AvgIpc) is 2.54. The number of rotatable bonds is 7. The van der Waals surface area contributed by atoms with Crippen LogP contribution in [0.4, 0.5) is 5.69 Å². The minimum atomic E-state index is -3.60. The van der Waals surface area contributed by atoms with Gasteiger partial charge in [0.25, 0.3) is 0 Å². The highest BCUT2D eigenvalue weighted by atomic mass is 35.5. The topological polar surface area (TPSA) is 84.5 Å². The second-order valence-corrected chi connectivity index (χ2v) is 7.18. The van der Waals surface area contributed by atoms with E-state index in [-0.39, 0.29) is 12.3 Å². The van der Waals surface area contributed by atoms with Crippen LogP contribution in [0.1, 0.15) is 5.56 Å². The molecule has 2 aromatic carbocycles. The Bertz CT molecular complexity index is 810. The highest BCUT2D eigenvalue weighted by Gasteiger charge is 2.13. The molecule has 0 aliphatic carbocycles. The van der Waals surface area contributed by atoms with Crippen LogP contribution in [0.2, 0.25) is 5.02 Å². The van der Waals surface area contributed by atoms with E-state index in [0.717, 1.165) is 0 Å². The second-order valence-electron chi connectivity index (χ2n) is 4.96. The zero-order valence-electron chi connectivity index (χ0n) is 13.0. The Balaban J connectivity index is 1.89. The van der Waals surface area contributed by atoms with E-state index < -0.39 is 15.9 Å². The Kier molecular flexibility index (Phi) is 6.19. The van der Waals surface area contributed by atoms with E-state index >= 15 is 0 Å². The fourth-order valence-electron chi connectivity index (χ4n) is 1.97. The Labute approximate surface area is 145 Å². The zero-order valence-corrected chi connectivity index (χ0v) is 14.5. The Morgan fingerprint density at radius 3 is 2.50 bits per heavy atom. The Hall–Kier alpha value is -2.09. The van der Waals surface area contributed by atoms with Gasteiger partial charge in [-0.3, -0.25) is 4.79 Å². The van der Waals surface area contributed by atoms with Crippen LogP contribution in [0.5, 0.6) is 5.75 Å². The van der Waals surface area contributed by atoms with Crippen molar-refractivity contribution in [3.63, 3.8) is 0 Å². The normalized spacial score (nSPS) is 11.1. The highest BCUT2D eigenvalue weighted by Crippen LogP contribution is 2.27. The molecular formula is C16H17ClN2O4S. The van der Waals surface area contributed by atoms with Crippen LogP contribution in [-0.2, 0) is 20.6 Å². The first-order chi connectivity index (χ1) is 11.4. The number of sulfonamides is 1. The number of methoxy groups -OCH3 is 1. The molecule has 0 aliphatic rings. The zero-order chi connectivity index (χ0) is 17.6. The van der Waals surface area contributed by atoms with Gasteiger partial charge in [0.2, 0.25) is 15.9 Å². The number of ether oxygens (including phenoxy) is 1. The van der Waals surface area contributed by atoms with Crippen LogP contribution in [0.25, 0.3) is 0 Å². The van der Waals surface area contributed by atoms with Gasteiger partial charge in [0.15, 0.2) is 0 Å². The average molecular weight is 369 g/mol. The maximum absolute atomic E-state index is 12.0. The molecule has 0 aromatic heterocycles. The van der Waals surface area contributed by atoms with Crippen molar-refractivity contribution in [2.45, 2.75) is 5.75 Å². The lowest BCUT2D eigenvalue weighted by molar-refractivity contribution is -0.115. The quantitative estimate of drug-likeness (QED) is 0.786. The van der Waals surface area contributed by atoms with Crippen molar-refractivity contribution in [3.8, 4) is 5.75 Å². The molecule has 2 N–H and O–H groups in total. The van der Waals surface area contributed by atoms with Crippen LogP contribution in [0.15, 0.2) is 48.5 Å². The summed E-state index contributed by atoms with van der Waals surface area (Å²) in [5, 5.41) is 2.91. The summed E-state index contributed by atoms with van der Waals surface area (Å²) >= 11 is 5.97. The molecule has 0 unspecified atom stereocenters. The fourth-order valence-corrected chi connectivity index (χ4v) is 3.31. The predicted molar refractivity (Wildman–Crippen MR) is 93.7 cm³/mol. The van der Waals surface area contributed by atoms with E-state index in [9.17, 15) is 13.2 Å². The molecule has 0 atom stereocenters. The first-order valence-corrected chi connectivity index (χ1v) is 9.07. The van der Waals surface area contributed by atoms with Gasteiger partial charge in [-0.2, -0.15) is 0 Å². The van der Waals surface area contributed by atoms with Gasteiger partial charge in [-0.05, 0) is 23.8 Å². The molecule has 24 heavy (non-hydrogen) atoms. The Morgan fingerprint density at radius 2 is 1.88 bits per heavy atom. The third-order valence-electron chi connectivity index (χ3n) is 3.09. The van der Waals surface area contributed by atoms with E-state index in [4.69, 9.17) is 16.3 Å². The lowest BCUT2D eigenvalue weighted by Crippen LogP contribution is -2.33. The summed E-state index contributed by atoms with van der Waals surface area (Å²) in [4.78, 5) is 11.9. The summed E-state index contributed by atoms with van der Waals surface area (Å²) in [7, 11) is -2.11. The van der Waals surface area contributed by atoms with E-state index in [1.54, 1.807) is 42.5 Å². The van der Waals surface area contributed by atoms with Crippen molar-refractivity contribution < 1.29 is 17.9 Å². The van der Waals surface area contributed by atoms with Crippen LogP contribution in [-0.4, -0.2) is 28.0 Å². The molecule has 8 heteroatoms. The molecule has 1 amide bonds. The molecule has 0 fully saturated rings. The lowest BCUT2D eigenvalue weighted by Gasteiger charge is -2.09. The van der Waals surface area contributed by atoms with Crippen molar-refractivity contribution in [1.29, 1.82) is 0 Å². The molecule has 128 valence electrons. The number of benzene rings is 2. The van der Waals surface area contributed by atoms with Gasteiger partial charge in [-0.15, -0.1) is 0 Å². The van der Waals surface area contributed by atoms with E-state index in [1.165, 1.54) is 13.2 Å². The third kappa shape index (κ3) is 5.52. The van der Waals surface area contributed by atoms with Gasteiger partial charge in [-0.25, -0.2) is 13.1 Å². The lowest BCUT2D eigenvalue weighted by atomic mass is 10.2. The fraction of sp³-hybridized carbons (Fsp3) is 0.188. The van der Waals surface area contributed by atoms with E-state index in [2.05, 4.69) is 10.0 Å². The number of carbonyl (C=O) groups is 1. The molecule has 2 rings (SSSR count). The third-order valence-corrected chi connectivity index (χ3v) is 4.68. The number of hydrogen-bond acceptors (Lipinski definition) is 4. The van der Waals surface area contributed by atoms with Crippen molar-refractivity contribution in [1.82, 2.24) is 4.72 Å². The van der Waals surface area contributed by atoms with E-state index in [1.807, 2.05) is 0 Å². The molecule has 0 bridgehead atoms. The summed E-state index contributed by atoms with van der Waals surface area (Å²) in [6.45, 7) is -0.362. The molecule has 0 saturated carbocycles. The smallest absolute Gasteiger partial charge is 0.239 e. The Morgan fingerprint density at radius 1 is 1.17 bits per heavy atom. The first kappa shape index (κ1) is 18.3. The maximum Gasteiger partial charge on any atom is 0.239 e. The van der Waals surface area contributed by atoms with Gasteiger partial charge >= 0.3 is 0 Å². The number of halogens is 1. The molecule has 0 spiro atoms. The minimum Gasteiger partial charge on any atom is -0.495 e. The van der Waals surface area contributed by atoms with Gasteiger partial charge < -0.3 is 10.1 Å². The van der Waals surface area contributed by atoms with Gasteiger partial charge in [0.05, 0.1) is 24.4 Å². The van der Waals surface area contributed by atoms with Crippen molar-refractivity contribution in [3.05, 3.63) is 59.1 Å². The summed E-state index contributed by atoms with van der Waals surface area (Å²) in [5.41, 5.74) is 1.10. The maximum atomic E-state index is 12.0. The van der Waals surface area contributed by atoms with E-state index in [0.29, 0.717) is 22.0 Å². The van der Waals surface area contributed by atoms with Crippen molar-refractivity contribution in [2.75, 3.05) is 19.0 Å². The van der Waals surface area contributed by atoms with Crippen LogP contribution < -0.4 is 14.8 Å². The first-order valence-electron chi connectivity index (χ1n) is 7.04. The number of amides is 1. The number of nitrogens with one attached hydrogen (secondary N) is 2. The number of carbonyl (C=O) groups excluding carboxylic acids is 1. The van der Waals surface area contributed by atoms with Crippen molar-refractivity contribution >= 4 is 33.2 Å². The SMILES string of the molecule is COc1ccc(NC(=O)CNS(=O)(=O)Cc2ccccc2)cc1Cl. The molecule has 2 aromatic rings. The van der Waals surface area contributed by atoms with Crippen LogP contribution >= 0.6 is 11.6 Å². The minimum absolute atomic E-state index is 0.185.